The van der Waals surface area contributed by atoms with Crippen molar-refractivity contribution in [3.63, 3.8) is 0 Å². The second-order valence-corrected chi connectivity index (χ2v) is 11.0. The summed E-state index contributed by atoms with van der Waals surface area (Å²) in [6.45, 7) is -0.387. The minimum Gasteiger partial charge on any atom is -0.394 e. The number of hydrogen-bond acceptors (Lipinski definition) is 8. The first-order chi connectivity index (χ1) is 20.8. The number of rotatable bonds is 5. The third kappa shape index (κ3) is 4.28. The summed E-state index contributed by atoms with van der Waals surface area (Å²) in [5, 5.41) is 21.9. The number of hydrogen-bond donors (Lipinski definition) is 3. The number of aliphatic hydroxyl groups excluding tert-OH is 2. The Bertz CT molecular complexity index is 1850. The summed E-state index contributed by atoms with van der Waals surface area (Å²) in [6, 6.07) is 21.3. The van der Waals surface area contributed by atoms with Gasteiger partial charge in [-0.15, -0.1) is 0 Å². The molecule has 11 nitrogen and oxygen atoms in total. The molecule has 43 heavy (non-hydrogen) atoms. The average molecular weight is 582 g/mol. The summed E-state index contributed by atoms with van der Waals surface area (Å²) < 4.78 is 13.4. The molecule has 3 aliphatic rings. The van der Waals surface area contributed by atoms with E-state index in [-0.39, 0.29) is 31.4 Å². The number of nitrogens with zero attached hydrogens (tertiary/aromatic N) is 2. The van der Waals surface area contributed by atoms with Gasteiger partial charge < -0.3 is 19.7 Å². The van der Waals surface area contributed by atoms with Crippen molar-refractivity contribution in [2.24, 2.45) is 0 Å². The molecule has 1 aromatic heterocycles. The minimum absolute atomic E-state index is 0.0370. The van der Waals surface area contributed by atoms with Crippen molar-refractivity contribution >= 4 is 11.8 Å². The summed E-state index contributed by atoms with van der Waals surface area (Å²) >= 11 is 0. The van der Waals surface area contributed by atoms with Crippen molar-refractivity contribution in [3.8, 4) is 11.1 Å². The Morgan fingerprint density at radius 3 is 2.28 bits per heavy atom. The van der Waals surface area contributed by atoms with Crippen LogP contribution in [0.5, 0.6) is 0 Å². The summed E-state index contributed by atoms with van der Waals surface area (Å²) in [4.78, 5) is 53.7. The van der Waals surface area contributed by atoms with Crippen molar-refractivity contribution in [1.29, 1.82) is 0 Å². The molecule has 4 heterocycles. The van der Waals surface area contributed by atoms with Crippen LogP contribution in [0.4, 0.5) is 0 Å². The molecule has 0 saturated carbocycles. The Labute approximate surface area is 244 Å². The van der Waals surface area contributed by atoms with E-state index >= 15 is 0 Å². The van der Waals surface area contributed by atoms with Gasteiger partial charge in [-0.25, -0.2) is 4.79 Å². The number of benzene rings is 3. The van der Waals surface area contributed by atoms with Gasteiger partial charge in [0.2, 0.25) is 0 Å². The SMILES string of the molecule is O=C1c2ccccc2C(=O)N1Cc1cc2c(c(-c3ccccc3)c1)C[C@@]1(OC2)[C@@H](CO)O[C@@H](n2ccc(=O)[nH]c2=O)[C@@H]1O. The fourth-order valence-corrected chi connectivity index (χ4v) is 6.44. The quantitative estimate of drug-likeness (QED) is 0.302. The third-order valence-corrected chi connectivity index (χ3v) is 8.57. The fourth-order valence-electron chi connectivity index (χ4n) is 6.44. The van der Waals surface area contributed by atoms with Gasteiger partial charge in [0.15, 0.2) is 6.23 Å². The van der Waals surface area contributed by atoms with E-state index in [2.05, 4.69) is 4.98 Å². The number of aromatic amines is 1. The van der Waals surface area contributed by atoms with E-state index in [0.29, 0.717) is 11.1 Å². The first-order valence-electron chi connectivity index (χ1n) is 13.9. The molecule has 1 saturated heterocycles. The van der Waals surface area contributed by atoms with Crippen molar-refractivity contribution in [1.82, 2.24) is 14.5 Å². The Balaban J connectivity index is 1.28. The van der Waals surface area contributed by atoms with Crippen molar-refractivity contribution in [2.45, 2.75) is 43.6 Å². The van der Waals surface area contributed by atoms with Crippen LogP contribution >= 0.6 is 0 Å². The van der Waals surface area contributed by atoms with E-state index in [1.165, 1.54) is 11.1 Å². The number of carbonyl (C=O) groups excluding carboxylic acids is 2. The molecule has 4 atom stereocenters. The smallest absolute Gasteiger partial charge is 0.330 e. The highest BCUT2D eigenvalue weighted by Gasteiger charge is 2.59. The van der Waals surface area contributed by atoms with Gasteiger partial charge in [0.1, 0.15) is 17.8 Å². The van der Waals surface area contributed by atoms with Crippen LogP contribution < -0.4 is 11.2 Å². The first-order valence-corrected chi connectivity index (χ1v) is 13.9. The minimum atomic E-state index is -1.41. The van der Waals surface area contributed by atoms with E-state index in [9.17, 15) is 29.4 Å². The maximum absolute atomic E-state index is 13.1. The number of amides is 2. The van der Waals surface area contributed by atoms with E-state index in [4.69, 9.17) is 9.47 Å². The predicted octanol–water partition coefficient (Wildman–Crippen LogP) is 1.76. The molecule has 3 aromatic carbocycles. The zero-order valence-corrected chi connectivity index (χ0v) is 22.8. The Kier molecular flexibility index (Phi) is 6.47. The lowest BCUT2D eigenvalue weighted by Crippen LogP contribution is -2.55. The first kappa shape index (κ1) is 27.2. The standard InChI is InChI=1S/C32H27N3O8/c36-16-25-32(27(38)30(43-25)34-11-10-26(37)33-31(34)41)14-24-20(17-42-32)12-18(13-23(24)19-6-2-1-3-7-19)15-35-28(39)21-8-4-5-9-22(21)29(35)40/h1-13,25,27,30,36,38H,14-17H2,(H,33,37,41)/t25-,27+,30-,32-/m1/s1. The number of imide groups is 1. The van der Waals surface area contributed by atoms with Crippen LogP contribution in [0.25, 0.3) is 11.1 Å². The predicted molar refractivity (Wildman–Crippen MR) is 152 cm³/mol. The lowest BCUT2D eigenvalue weighted by atomic mass is 9.78. The zero-order valence-electron chi connectivity index (χ0n) is 22.8. The summed E-state index contributed by atoms with van der Waals surface area (Å²) in [5.41, 5.74) is 2.07. The molecule has 3 aliphatic heterocycles. The van der Waals surface area contributed by atoms with Crippen LogP contribution in [0, 0.1) is 0 Å². The molecule has 1 spiro atoms. The number of carbonyl (C=O) groups is 2. The molecule has 0 unspecified atom stereocenters. The largest absolute Gasteiger partial charge is 0.394 e. The molecule has 4 aromatic rings. The normalized spacial score (nSPS) is 24.4. The van der Waals surface area contributed by atoms with Crippen LogP contribution in [-0.2, 0) is 29.0 Å². The Hall–Kier alpha value is -4.68. The van der Waals surface area contributed by atoms with Gasteiger partial charge in [-0.1, -0.05) is 48.5 Å². The molecular formula is C32H27N3O8. The maximum Gasteiger partial charge on any atom is 0.330 e. The molecule has 0 aliphatic carbocycles. The average Bonchev–Trinajstić information content (AvgIpc) is 3.42. The zero-order chi connectivity index (χ0) is 29.9. The van der Waals surface area contributed by atoms with E-state index in [1.54, 1.807) is 24.3 Å². The number of nitrogens with one attached hydrogen (secondary N) is 1. The lowest BCUT2D eigenvalue weighted by Gasteiger charge is -2.41. The van der Waals surface area contributed by atoms with Crippen LogP contribution in [0.15, 0.2) is 88.6 Å². The highest BCUT2D eigenvalue weighted by molar-refractivity contribution is 6.21. The fraction of sp³-hybridized carbons (Fsp3) is 0.250. The van der Waals surface area contributed by atoms with Crippen molar-refractivity contribution in [3.05, 3.63) is 128 Å². The highest BCUT2D eigenvalue weighted by Crippen LogP contribution is 2.47. The van der Waals surface area contributed by atoms with Crippen LogP contribution in [0.3, 0.4) is 0 Å². The van der Waals surface area contributed by atoms with Gasteiger partial charge in [0.05, 0.1) is 30.9 Å². The number of ether oxygens (including phenoxy) is 2. The molecule has 218 valence electrons. The number of fused-ring (bicyclic) bond motifs is 2. The van der Waals surface area contributed by atoms with Gasteiger partial charge in [0, 0.05) is 18.7 Å². The molecule has 2 amide bonds. The van der Waals surface area contributed by atoms with Gasteiger partial charge in [-0.2, -0.15) is 0 Å². The summed E-state index contributed by atoms with van der Waals surface area (Å²) in [7, 11) is 0. The lowest BCUT2D eigenvalue weighted by molar-refractivity contribution is -0.152. The topological polar surface area (TPSA) is 151 Å². The maximum atomic E-state index is 13.1. The molecule has 3 N–H and O–H groups in total. The molecule has 11 heteroatoms. The number of aromatic nitrogens is 2. The Morgan fingerprint density at radius 2 is 1.60 bits per heavy atom. The van der Waals surface area contributed by atoms with E-state index in [0.717, 1.165) is 38.5 Å². The van der Waals surface area contributed by atoms with Crippen LogP contribution in [0.1, 0.15) is 43.6 Å². The third-order valence-electron chi connectivity index (χ3n) is 8.57. The van der Waals surface area contributed by atoms with Gasteiger partial charge in [0.25, 0.3) is 17.4 Å². The Morgan fingerprint density at radius 1 is 0.907 bits per heavy atom. The van der Waals surface area contributed by atoms with Crippen molar-refractivity contribution < 1.29 is 29.3 Å². The van der Waals surface area contributed by atoms with Crippen molar-refractivity contribution in [2.75, 3.05) is 6.61 Å². The summed E-state index contributed by atoms with van der Waals surface area (Å²) in [5.74, 6) is -0.703. The molecule has 7 rings (SSSR count). The second-order valence-electron chi connectivity index (χ2n) is 11.0. The highest BCUT2D eigenvalue weighted by atomic mass is 16.6. The van der Waals surface area contributed by atoms with Crippen LogP contribution in [-0.4, -0.2) is 60.9 Å². The molecular weight excluding hydrogens is 554 g/mol. The van der Waals surface area contributed by atoms with Gasteiger partial charge >= 0.3 is 5.69 Å². The number of H-pyrrole nitrogens is 1. The van der Waals surface area contributed by atoms with E-state index < -0.39 is 41.9 Å². The van der Waals surface area contributed by atoms with Gasteiger partial charge in [-0.05, 0) is 46.0 Å². The monoisotopic (exact) mass is 581 g/mol. The molecule has 1 fully saturated rings. The molecule has 0 radical (unpaired) electrons. The molecule has 0 bridgehead atoms. The summed E-state index contributed by atoms with van der Waals surface area (Å²) in [6.07, 6.45) is -2.19. The van der Waals surface area contributed by atoms with Crippen LogP contribution in [0.2, 0.25) is 0 Å². The van der Waals surface area contributed by atoms with Gasteiger partial charge in [-0.3, -0.25) is 28.8 Å². The second kappa shape index (κ2) is 10.2. The number of aliphatic hydroxyl groups is 2. The van der Waals surface area contributed by atoms with E-state index in [1.807, 2.05) is 42.5 Å².